The Morgan fingerprint density at radius 3 is 2.47 bits per heavy atom. The van der Waals surface area contributed by atoms with Gasteiger partial charge >= 0.3 is 0 Å². The third kappa shape index (κ3) is 4.13. The number of hydrogen-bond acceptors (Lipinski definition) is 14. The summed E-state index contributed by atoms with van der Waals surface area (Å²) in [6, 6.07) is 5.91. The fourth-order valence-electron chi connectivity index (χ4n) is 8.00. The van der Waals surface area contributed by atoms with E-state index in [1.807, 2.05) is 0 Å². The molecule has 3 aromatic rings. The number of aromatic nitrogens is 1. The summed E-state index contributed by atoms with van der Waals surface area (Å²) in [7, 11) is 0. The van der Waals surface area contributed by atoms with Crippen LogP contribution < -0.4 is 20.9 Å². The molecule has 0 amide bonds. The number of nitrogens with one attached hydrogen (secondary N) is 3. The molecule has 8 rings (SSSR count). The average molecular weight is 647 g/mol. The molecule has 47 heavy (non-hydrogen) atoms. The smallest absolute Gasteiger partial charge is 0.229 e. The second-order valence-corrected chi connectivity index (χ2v) is 13.1. The number of aliphatic hydroxyl groups excluding tert-OH is 5. The van der Waals surface area contributed by atoms with Gasteiger partial charge in [0, 0.05) is 40.4 Å². The molecule has 246 valence electrons. The molecule has 5 aliphatic rings. The summed E-state index contributed by atoms with van der Waals surface area (Å²) in [4.78, 5) is 32.9. The molecule has 3 aliphatic heterocycles. The normalized spacial score (nSPS) is 32.5. The first kappa shape index (κ1) is 30.2. The summed E-state index contributed by atoms with van der Waals surface area (Å²) in [5.74, 6) is -1.62. The number of pyridine rings is 1. The number of aromatic hydroxyl groups is 1. The first-order valence-corrected chi connectivity index (χ1v) is 15.6. The van der Waals surface area contributed by atoms with Crippen molar-refractivity contribution in [1.29, 1.82) is 0 Å². The lowest BCUT2D eigenvalue weighted by Crippen LogP contribution is -2.74. The molecule has 4 heterocycles. The third-order valence-electron chi connectivity index (χ3n) is 10.5. The predicted molar refractivity (Wildman–Crippen MR) is 163 cm³/mol. The fourth-order valence-corrected chi connectivity index (χ4v) is 8.00. The highest BCUT2D eigenvalue weighted by molar-refractivity contribution is 6.34. The van der Waals surface area contributed by atoms with Crippen molar-refractivity contribution >= 4 is 28.2 Å². The van der Waals surface area contributed by atoms with Crippen LogP contribution in [-0.4, -0.2) is 96.3 Å². The molecule has 2 aliphatic carbocycles. The van der Waals surface area contributed by atoms with E-state index in [4.69, 9.17) is 9.47 Å². The minimum atomic E-state index is -2.09. The van der Waals surface area contributed by atoms with Crippen molar-refractivity contribution in [2.75, 3.05) is 11.9 Å². The molecule has 5 bridgehead atoms. The van der Waals surface area contributed by atoms with Crippen LogP contribution >= 0.6 is 0 Å². The summed E-state index contributed by atoms with van der Waals surface area (Å²) in [6.07, 6.45) is -4.58. The highest BCUT2D eigenvalue weighted by Gasteiger charge is 2.60. The molecule has 2 aromatic carbocycles. The number of aliphatic hydroxyl groups is 5. The highest BCUT2D eigenvalue weighted by Crippen LogP contribution is 2.50. The van der Waals surface area contributed by atoms with E-state index in [1.54, 1.807) is 13.0 Å². The Bertz CT molecular complexity index is 1890. The Labute approximate surface area is 267 Å². The number of phenolic OH excluding ortho intramolecular Hbond substituents is 1. The van der Waals surface area contributed by atoms with Crippen LogP contribution in [0.2, 0.25) is 0 Å². The molecule has 14 heteroatoms. The molecule has 1 aromatic heterocycles. The average Bonchev–Trinajstić information content (AvgIpc) is 3.55. The number of nitrogens with zero attached hydrogens (tertiary/aromatic N) is 1. The van der Waals surface area contributed by atoms with Gasteiger partial charge in [-0.05, 0) is 61.1 Å². The number of ketones is 2. The van der Waals surface area contributed by atoms with Crippen LogP contribution in [-0.2, 0) is 4.74 Å². The van der Waals surface area contributed by atoms with E-state index in [9.17, 15) is 40.2 Å². The van der Waals surface area contributed by atoms with Crippen LogP contribution in [0.3, 0.4) is 0 Å². The number of β-amino-alcohol motifs (C(OH)–C–C–N with tert-alkyl or cyclic N) is 1. The molecule has 2 spiro atoms. The maximum atomic E-state index is 14.2. The maximum absolute atomic E-state index is 14.2. The zero-order valence-electron chi connectivity index (χ0n) is 25.2. The molecule has 1 saturated heterocycles. The van der Waals surface area contributed by atoms with E-state index < -0.39 is 65.3 Å². The molecule has 7 unspecified atom stereocenters. The van der Waals surface area contributed by atoms with Gasteiger partial charge in [-0.3, -0.25) is 9.59 Å². The molecular weight excluding hydrogens is 612 g/mol. The number of rotatable bonds is 0. The Morgan fingerprint density at radius 2 is 1.70 bits per heavy atom. The second-order valence-electron chi connectivity index (χ2n) is 13.1. The predicted octanol–water partition coefficient (Wildman–Crippen LogP) is 0.238. The molecule has 14 nitrogen and oxygen atoms in total. The van der Waals surface area contributed by atoms with Crippen molar-refractivity contribution in [3.63, 3.8) is 0 Å². The van der Waals surface area contributed by atoms with Gasteiger partial charge in [0.2, 0.25) is 12.1 Å². The van der Waals surface area contributed by atoms with Crippen LogP contribution in [0.25, 0.3) is 10.8 Å². The van der Waals surface area contributed by atoms with Gasteiger partial charge in [-0.25, -0.2) is 10.4 Å². The summed E-state index contributed by atoms with van der Waals surface area (Å²) in [5.41, 5.74) is 3.19. The zero-order valence-corrected chi connectivity index (χ0v) is 25.2. The first-order chi connectivity index (χ1) is 22.5. The number of benzene rings is 2. The Kier molecular flexibility index (Phi) is 6.70. The largest absolute Gasteiger partial charge is 0.507 e. The minimum Gasteiger partial charge on any atom is -0.507 e. The minimum absolute atomic E-state index is 0.00408. The van der Waals surface area contributed by atoms with Gasteiger partial charge in [0.25, 0.3) is 0 Å². The Morgan fingerprint density at radius 1 is 0.936 bits per heavy atom. The number of anilines is 1. The van der Waals surface area contributed by atoms with Gasteiger partial charge in [-0.15, -0.1) is 0 Å². The quantitative estimate of drug-likeness (QED) is 0.125. The van der Waals surface area contributed by atoms with Crippen molar-refractivity contribution in [2.24, 2.45) is 5.41 Å². The number of aryl methyl sites for hydroxylation is 1. The van der Waals surface area contributed by atoms with Crippen LogP contribution in [0.15, 0.2) is 42.2 Å². The molecule has 9 N–H and O–H groups in total. The van der Waals surface area contributed by atoms with E-state index in [1.165, 1.54) is 30.5 Å². The van der Waals surface area contributed by atoms with Gasteiger partial charge in [0.15, 0.2) is 17.6 Å². The van der Waals surface area contributed by atoms with Crippen LogP contribution in [0.5, 0.6) is 11.5 Å². The lowest BCUT2D eigenvalue weighted by Gasteiger charge is -2.52. The monoisotopic (exact) mass is 646 g/mol. The fraction of sp³-hybridized carbons (Fsp3) is 0.424. The molecule has 7 atom stereocenters. The standard InChI is InChI=1S/C33H34N4O10/c1-13-8-16-21(17(38)9-13)25(41)23-18-10-15-14(22(23)24(16)40)4-7-34-29(15)35-12-20(39)32(5-2-3-6-32)19-11-33(31(45)37-36-19)28(44)26(42)27(43)30(46-18)47-33/h4,7-11,20,26-28,30-31,36-39,42-45H,2-3,5-6,12H2,1H3,(H,34,35). The third-order valence-corrected chi connectivity index (χ3v) is 10.5. The summed E-state index contributed by atoms with van der Waals surface area (Å²) in [5, 5.41) is 71.3. The Balaban J connectivity index is 1.39. The molecule has 1 saturated carbocycles. The van der Waals surface area contributed by atoms with Gasteiger partial charge < -0.3 is 50.9 Å². The lowest BCUT2D eigenvalue weighted by atomic mass is 9.73. The van der Waals surface area contributed by atoms with E-state index in [0.717, 1.165) is 12.8 Å². The van der Waals surface area contributed by atoms with Crippen LogP contribution in [0.4, 0.5) is 5.82 Å². The van der Waals surface area contributed by atoms with Crippen LogP contribution in [0, 0.1) is 12.3 Å². The van der Waals surface area contributed by atoms with Crippen molar-refractivity contribution in [2.45, 2.75) is 75.1 Å². The van der Waals surface area contributed by atoms with Crippen molar-refractivity contribution in [1.82, 2.24) is 15.8 Å². The number of carbonyl (C=O) groups excluding carboxylic acids is 2. The number of ether oxygens (including phenoxy) is 2. The molecule has 2 fully saturated rings. The highest BCUT2D eigenvalue weighted by atomic mass is 16.7. The van der Waals surface area contributed by atoms with Gasteiger partial charge in [0.1, 0.15) is 35.6 Å². The maximum Gasteiger partial charge on any atom is 0.229 e. The summed E-state index contributed by atoms with van der Waals surface area (Å²) in [6.45, 7) is 1.69. The number of fused-ring (bicyclic) bond motifs is 7. The van der Waals surface area contributed by atoms with E-state index >= 15 is 0 Å². The lowest BCUT2D eigenvalue weighted by molar-refractivity contribution is -0.322. The first-order valence-electron chi connectivity index (χ1n) is 15.6. The molecule has 0 radical (unpaired) electrons. The number of hydrazine groups is 1. The van der Waals surface area contributed by atoms with Crippen molar-refractivity contribution < 1.29 is 49.7 Å². The number of phenols is 1. The van der Waals surface area contributed by atoms with Crippen LogP contribution in [0.1, 0.15) is 63.1 Å². The van der Waals surface area contributed by atoms with Crippen molar-refractivity contribution in [3.05, 3.63) is 70.1 Å². The van der Waals surface area contributed by atoms with E-state index in [0.29, 0.717) is 34.9 Å². The number of carbonyl (C=O) groups is 2. The summed E-state index contributed by atoms with van der Waals surface area (Å²) >= 11 is 0. The number of hydrogen-bond donors (Lipinski definition) is 9. The SMILES string of the molecule is Cc1cc(O)c2c(c1)C(=O)c1c(c3cc4c(nccc14)NCC(O)C1(CCCC1)C1=CC4(OC(O3)C(O)C(O)C4O)C(O)NN1)C2=O. The summed E-state index contributed by atoms with van der Waals surface area (Å²) < 4.78 is 12.4. The van der Waals surface area contributed by atoms with Gasteiger partial charge in [-0.1, -0.05) is 12.8 Å². The zero-order chi connectivity index (χ0) is 33.0. The van der Waals surface area contributed by atoms with E-state index in [2.05, 4.69) is 21.2 Å². The topological polar surface area (TPSA) is 223 Å². The van der Waals surface area contributed by atoms with Gasteiger partial charge in [-0.2, -0.15) is 0 Å². The second kappa shape index (κ2) is 10.4. The van der Waals surface area contributed by atoms with Crippen molar-refractivity contribution in [3.8, 4) is 11.5 Å². The van der Waals surface area contributed by atoms with Gasteiger partial charge in [0.05, 0.1) is 17.2 Å². The van der Waals surface area contributed by atoms with E-state index in [-0.39, 0.29) is 40.4 Å². The molecular formula is C33H34N4O10. The Hall–Kier alpha value is -4.15.